The van der Waals surface area contributed by atoms with Crippen molar-refractivity contribution in [2.75, 3.05) is 0 Å². The number of hydrogen-bond donors (Lipinski definition) is 0. The van der Waals surface area contributed by atoms with Crippen molar-refractivity contribution in [3.05, 3.63) is 91.0 Å². The summed E-state index contributed by atoms with van der Waals surface area (Å²) in [6.45, 7) is 0. The predicted molar refractivity (Wildman–Crippen MR) is 109 cm³/mol. The van der Waals surface area contributed by atoms with Gasteiger partial charge >= 0.3 is 67.3 Å². The largest absolute Gasteiger partial charge is 2.00 e. The first-order chi connectivity index (χ1) is 13.8. The van der Waals surface area contributed by atoms with E-state index in [-0.39, 0.29) is 82.0 Å². The molecule has 0 aliphatic rings. The van der Waals surface area contributed by atoms with Crippen LogP contribution in [0.3, 0.4) is 0 Å². The Morgan fingerprint density at radius 1 is 0.406 bits per heavy atom. The van der Waals surface area contributed by atoms with Crippen molar-refractivity contribution in [1.29, 1.82) is 0 Å². The molecule has 0 amide bonds. The molecule has 32 heavy (non-hydrogen) atoms. The third-order valence-electron chi connectivity index (χ3n) is 3.10. The van der Waals surface area contributed by atoms with Crippen LogP contribution in [0.15, 0.2) is 106 Å². The van der Waals surface area contributed by atoms with Crippen LogP contribution < -0.4 is 29.6 Å². The van der Waals surface area contributed by atoms with E-state index in [2.05, 4.69) is 0 Å². The minimum Gasteiger partial charge on any atom is -0.744 e. The molecule has 0 saturated heterocycles. The summed E-state index contributed by atoms with van der Waals surface area (Å²) in [5.74, 6) is 0. The molecule has 9 nitrogen and oxygen atoms in total. The number of hydrogen-bond acceptors (Lipinski definition) is 9. The minimum absolute atomic E-state index is 0. The first kappa shape index (κ1) is 33.8. The molecule has 0 radical (unpaired) electrons. The van der Waals surface area contributed by atoms with Gasteiger partial charge in [-0.25, -0.2) is 25.3 Å². The molecular formula is C18H15CaNaO9S3. The molecule has 0 fully saturated rings. The van der Waals surface area contributed by atoms with Crippen LogP contribution in [0.5, 0.6) is 0 Å². The van der Waals surface area contributed by atoms with E-state index in [1.807, 2.05) is 0 Å². The average Bonchev–Trinajstić information content (AvgIpc) is 2.69. The van der Waals surface area contributed by atoms with Crippen LogP contribution in [0.4, 0.5) is 0 Å². The van der Waals surface area contributed by atoms with Crippen LogP contribution in [0.1, 0.15) is 0 Å². The molecule has 14 heteroatoms. The quantitative estimate of drug-likeness (QED) is 0.283. The summed E-state index contributed by atoms with van der Waals surface area (Å²) in [6.07, 6.45) is 0. The summed E-state index contributed by atoms with van der Waals surface area (Å²) in [5, 5.41) is 0. The van der Waals surface area contributed by atoms with Gasteiger partial charge in [-0.2, -0.15) is 0 Å². The maximum Gasteiger partial charge on any atom is 2.00 e. The van der Waals surface area contributed by atoms with Crippen molar-refractivity contribution in [3.8, 4) is 0 Å². The fraction of sp³-hybridized carbons (Fsp3) is 0. The first-order valence-electron chi connectivity index (χ1n) is 7.84. The van der Waals surface area contributed by atoms with E-state index in [0.717, 1.165) is 0 Å². The number of benzene rings is 3. The van der Waals surface area contributed by atoms with Crippen molar-refractivity contribution < 1.29 is 68.5 Å². The Balaban J connectivity index is 0. The second kappa shape index (κ2) is 15.5. The molecule has 0 spiro atoms. The van der Waals surface area contributed by atoms with E-state index in [0.29, 0.717) is 0 Å². The summed E-state index contributed by atoms with van der Waals surface area (Å²) in [6, 6.07) is 21.6. The molecule has 0 aromatic heterocycles. The Hall–Kier alpha value is -0.350. The Morgan fingerprint density at radius 2 is 0.562 bits per heavy atom. The maximum atomic E-state index is 10.3. The van der Waals surface area contributed by atoms with Crippen LogP contribution in [0.25, 0.3) is 0 Å². The molecule has 0 atom stereocenters. The van der Waals surface area contributed by atoms with E-state index in [1.54, 1.807) is 18.2 Å². The van der Waals surface area contributed by atoms with Crippen molar-refractivity contribution in [2.45, 2.75) is 14.7 Å². The standard InChI is InChI=1S/3C6H6O3S.Ca.Na/c3*7-10(8,9)6-4-2-1-3-5-6;;/h3*1-5H,(H,7,8,9);;/q;;;+2;+1/p-3. The van der Waals surface area contributed by atoms with Gasteiger partial charge in [0.05, 0.1) is 14.7 Å². The summed E-state index contributed by atoms with van der Waals surface area (Å²) in [7, 11) is -12.8. The van der Waals surface area contributed by atoms with Crippen molar-refractivity contribution in [3.63, 3.8) is 0 Å². The molecule has 162 valence electrons. The number of rotatable bonds is 3. The maximum absolute atomic E-state index is 10.3. The van der Waals surface area contributed by atoms with Gasteiger partial charge in [0.2, 0.25) is 0 Å². The molecule has 0 aliphatic carbocycles. The van der Waals surface area contributed by atoms with Gasteiger partial charge in [0.25, 0.3) is 0 Å². The molecule has 0 bridgehead atoms. The first-order valence-corrected chi connectivity index (χ1v) is 12.1. The normalized spacial score (nSPS) is 10.6. The van der Waals surface area contributed by atoms with Crippen molar-refractivity contribution in [2.24, 2.45) is 0 Å². The third kappa shape index (κ3) is 14.0. The van der Waals surface area contributed by atoms with Crippen LogP contribution >= 0.6 is 0 Å². The van der Waals surface area contributed by atoms with Crippen molar-refractivity contribution in [1.82, 2.24) is 0 Å². The molecule has 3 rings (SSSR count). The molecule has 0 heterocycles. The minimum atomic E-state index is -4.25. The van der Waals surface area contributed by atoms with Gasteiger partial charge in [-0.3, -0.25) is 0 Å². The Morgan fingerprint density at radius 3 is 0.656 bits per heavy atom. The van der Waals surface area contributed by atoms with Crippen molar-refractivity contribution >= 4 is 68.1 Å². The SMILES string of the molecule is O=S(=O)([O-])c1ccccc1.O=S(=O)([O-])c1ccccc1.O=S(=O)([O-])c1ccccc1.[Ca+2].[Na+]. The van der Waals surface area contributed by atoms with Crippen LogP contribution in [0.2, 0.25) is 0 Å². The summed E-state index contributed by atoms with van der Waals surface area (Å²) in [4.78, 5) is -0.556. The van der Waals surface area contributed by atoms with Crippen LogP contribution in [0, 0.1) is 0 Å². The molecule has 3 aromatic carbocycles. The molecule has 0 saturated carbocycles. The van der Waals surface area contributed by atoms with Gasteiger partial charge in [-0.15, -0.1) is 0 Å². The van der Waals surface area contributed by atoms with Gasteiger partial charge in [0.15, 0.2) is 0 Å². The summed E-state index contributed by atoms with van der Waals surface area (Å²) < 4.78 is 92.5. The van der Waals surface area contributed by atoms with E-state index in [1.165, 1.54) is 72.8 Å². The van der Waals surface area contributed by atoms with Gasteiger partial charge < -0.3 is 13.7 Å². The monoisotopic (exact) mass is 534 g/mol. The van der Waals surface area contributed by atoms with E-state index < -0.39 is 30.4 Å². The topological polar surface area (TPSA) is 172 Å². The summed E-state index contributed by atoms with van der Waals surface area (Å²) in [5.41, 5.74) is 0. The Kier molecular flexibility index (Phi) is 16.4. The molecule has 0 unspecified atom stereocenters. The molecular weight excluding hydrogens is 519 g/mol. The van der Waals surface area contributed by atoms with Gasteiger partial charge in [0.1, 0.15) is 30.4 Å². The fourth-order valence-corrected chi connectivity index (χ4v) is 3.23. The zero-order chi connectivity index (χ0) is 22.8. The molecule has 0 aliphatic heterocycles. The smallest absolute Gasteiger partial charge is 0.744 e. The zero-order valence-corrected chi connectivity index (χ0v) is 23.4. The average molecular weight is 535 g/mol. The zero-order valence-electron chi connectivity index (χ0n) is 16.8. The van der Waals surface area contributed by atoms with E-state index in [4.69, 9.17) is 0 Å². The third-order valence-corrected chi connectivity index (χ3v) is 5.64. The van der Waals surface area contributed by atoms with Gasteiger partial charge in [-0.05, 0) is 36.4 Å². The van der Waals surface area contributed by atoms with E-state index in [9.17, 15) is 38.9 Å². The van der Waals surface area contributed by atoms with Crippen LogP contribution in [-0.2, 0) is 30.4 Å². The second-order valence-corrected chi connectivity index (χ2v) is 9.44. The fourth-order valence-electron chi connectivity index (χ4n) is 1.76. The molecule has 3 aromatic rings. The second-order valence-electron chi connectivity index (χ2n) is 5.30. The van der Waals surface area contributed by atoms with E-state index >= 15 is 0 Å². The Labute approximate surface area is 239 Å². The summed E-state index contributed by atoms with van der Waals surface area (Å²) >= 11 is 0. The molecule has 0 N–H and O–H groups in total. The Bertz CT molecular complexity index is 1080. The van der Waals surface area contributed by atoms with Gasteiger partial charge in [-0.1, -0.05) is 54.6 Å². The van der Waals surface area contributed by atoms with Crippen LogP contribution in [-0.4, -0.2) is 76.6 Å². The van der Waals surface area contributed by atoms with Gasteiger partial charge in [0, 0.05) is 0 Å². The predicted octanol–water partition coefficient (Wildman–Crippen LogP) is -1.60.